The molecule has 6 nitrogen and oxygen atoms in total. The number of aromatic nitrogens is 2. The first-order valence-electron chi connectivity index (χ1n) is 5.94. The molecule has 19 heavy (non-hydrogen) atoms. The van der Waals surface area contributed by atoms with Crippen LogP contribution >= 0.6 is 0 Å². The molecule has 0 saturated carbocycles. The average Bonchev–Trinajstić information content (AvgIpc) is 2.76. The van der Waals surface area contributed by atoms with Crippen LogP contribution in [0.25, 0.3) is 0 Å². The SMILES string of the molecule is CCCc1cc(NS(=O)(=O)c2cccc(N)c2)n[nH]1. The molecule has 102 valence electrons. The van der Waals surface area contributed by atoms with Crippen molar-refractivity contribution in [3.8, 4) is 0 Å². The zero-order valence-electron chi connectivity index (χ0n) is 10.6. The molecule has 1 heterocycles. The molecule has 0 atom stereocenters. The van der Waals surface area contributed by atoms with E-state index in [2.05, 4.69) is 14.9 Å². The molecular weight excluding hydrogens is 264 g/mol. The standard InChI is InChI=1S/C12H16N4O2S/c1-2-4-10-8-12(15-14-10)16-19(17,18)11-6-3-5-9(13)7-11/h3,5-8H,2,4,13H2,1H3,(H2,14,15,16). The lowest BCUT2D eigenvalue weighted by molar-refractivity contribution is 0.601. The van der Waals surface area contributed by atoms with Crippen molar-refractivity contribution in [2.45, 2.75) is 24.7 Å². The molecule has 7 heteroatoms. The molecule has 1 aromatic carbocycles. The minimum atomic E-state index is -3.65. The van der Waals surface area contributed by atoms with Crippen LogP contribution in [0.3, 0.4) is 0 Å². The maximum atomic E-state index is 12.1. The first kappa shape index (κ1) is 13.4. The van der Waals surface area contributed by atoms with Crippen LogP contribution in [-0.4, -0.2) is 18.6 Å². The monoisotopic (exact) mass is 280 g/mol. The first-order valence-corrected chi connectivity index (χ1v) is 7.42. The molecule has 0 unspecified atom stereocenters. The second kappa shape index (κ2) is 5.31. The highest BCUT2D eigenvalue weighted by Gasteiger charge is 2.15. The molecule has 1 aromatic heterocycles. The number of aryl methyl sites for hydroxylation is 1. The van der Waals surface area contributed by atoms with Crippen LogP contribution in [0, 0.1) is 0 Å². The molecule has 0 radical (unpaired) electrons. The largest absolute Gasteiger partial charge is 0.399 e. The lowest BCUT2D eigenvalue weighted by Gasteiger charge is -2.05. The number of nitrogen functional groups attached to an aromatic ring is 1. The van der Waals surface area contributed by atoms with Gasteiger partial charge >= 0.3 is 0 Å². The van der Waals surface area contributed by atoms with Gasteiger partial charge in [-0.25, -0.2) is 8.42 Å². The van der Waals surface area contributed by atoms with Crippen LogP contribution in [0.2, 0.25) is 0 Å². The topological polar surface area (TPSA) is 101 Å². The van der Waals surface area contributed by atoms with Gasteiger partial charge in [-0.15, -0.1) is 0 Å². The average molecular weight is 280 g/mol. The van der Waals surface area contributed by atoms with E-state index in [0.717, 1.165) is 18.5 Å². The molecule has 0 fully saturated rings. The van der Waals surface area contributed by atoms with Crippen LogP contribution in [0.4, 0.5) is 11.5 Å². The van der Waals surface area contributed by atoms with E-state index in [0.29, 0.717) is 5.69 Å². The second-order valence-corrected chi connectivity index (χ2v) is 5.89. The third-order valence-electron chi connectivity index (χ3n) is 2.56. The summed E-state index contributed by atoms with van der Waals surface area (Å²) >= 11 is 0. The van der Waals surface area contributed by atoms with Crippen LogP contribution in [-0.2, 0) is 16.4 Å². The van der Waals surface area contributed by atoms with E-state index in [1.54, 1.807) is 18.2 Å². The molecule has 0 amide bonds. The van der Waals surface area contributed by atoms with Crippen LogP contribution in [0.15, 0.2) is 35.2 Å². The normalized spacial score (nSPS) is 11.4. The molecule has 0 aliphatic heterocycles. The number of rotatable bonds is 5. The Labute approximate surface area is 112 Å². The molecule has 2 rings (SSSR count). The van der Waals surface area contributed by atoms with Crippen molar-refractivity contribution in [3.05, 3.63) is 36.0 Å². The lowest BCUT2D eigenvalue weighted by atomic mass is 10.2. The van der Waals surface area contributed by atoms with Gasteiger partial charge in [0.25, 0.3) is 10.0 Å². The number of nitrogens with one attached hydrogen (secondary N) is 2. The van der Waals surface area contributed by atoms with Crippen molar-refractivity contribution < 1.29 is 8.42 Å². The minimum Gasteiger partial charge on any atom is -0.399 e. The predicted molar refractivity (Wildman–Crippen MR) is 74.2 cm³/mol. The fourth-order valence-electron chi connectivity index (χ4n) is 1.69. The number of nitrogens with zero attached hydrogens (tertiary/aromatic N) is 1. The van der Waals surface area contributed by atoms with Crippen molar-refractivity contribution in [1.82, 2.24) is 10.2 Å². The van der Waals surface area contributed by atoms with E-state index >= 15 is 0 Å². The van der Waals surface area contributed by atoms with Crippen molar-refractivity contribution in [1.29, 1.82) is 0 Å². The Morgan fingerprint density at radius 2 is 2.16 bits per heavy atom. The van der Waals surface area contributed by atoms with Gasteiger partial charge in [0, 0.05) is 17.4 Å². The molecule has 4 N–H and O–H groups in total. The highest BCUT2D eigenvalue weighted by atomic mass is 32.2. The Balaban J connectivity index is 2.21. The minimum absolute atomic E-state index is 0.118. The summed E-state index contributed by atoms with van der Waals surface area (Å²) in [5.41, 5.74) is 6.87. The van der Waals surface area contributed by atoms with Crippen molar-refractivity contribution in [2.75, 3.05) is 10.5 Å². The van der Waals surface area contributed by atoms with E-state index in [4.69, 9.17) is 5.73 Å². The summed E-state index contributed by atoms with van der Waals surface area (Å²) in [5, 5.41) is 6.71. The van der Waals surface area contributed by atoms with E-state index < -0.39 is 10.0 Å². The number of hydrogen-bond acceptors (Lipinski definition) is 4. The van der Waals surface area contributed by atoms with E-state index in [1.807, 2.05) is 6.92 Å². The maximum Gasteiger partial charge on any atom is 0.263 e. The molecule has 0 bridgehead atoms. The van der Waals surface area contributed by atoms with Crippen LogP contribution in [0.1, 0.15) is 19.0 Å². The lowest BCUT2D eigenvalue weighted by Crippen LogP contribution is -2.13. The van der Waals surface area contributed by atoms with Gasteiger partial charge < -0.3 is 5.73 Å². The predicted octanol–water partition coefficient (Wildman–Crippen LogP) is 1.75. The Hall–Kier alpha value is -2.02. The van der Waals surface area contributed by atoms with E-state index in [9.17, 15) is 8.42 Å². The Morgan fingerprint density at radius 1 is 1.37 bits per heavy atom. The Morgan fingerprint density at radius 3 is 2.84 bits per heavy atom. The Kier molecular flexibility index (Phi) is 3.75. The van der Waals surface area contributed by atoms with Crippen LogP contribution < -0.4 is 10.5 Å². The first-order chi connectivity index (χ1) is 9.01. The van der Waals surface area contributed by atoms with E-state index in [1.165, 1.54) is 12.1 Å². The number of hydrogen-bond donors (Lipinski definition) is 3. The summed E-state index contributed by atoms with van der Waals surface area (Å²) in [6.45, 7) is 2.04. The molecule has 0 aliphatic rings. The third-order valence-corrected chi connectivity index (χ3v) is 3.91. The van der Waals surface area contributed by atoms with Gasteiger partial charge in [0.1, 0.15) is 0 Å². The molecule has 0 saturated heterocycles. The van der Waals surface area contributed by atoms with Gasteiger partial charge in [0.15, 0.2) is 5.82 Å². The summed E-state index contributed by atoms with van der Waals surface area (Å²) in [4.78, 5) is 0.118. The fraction of sp³-hybridized carbons (Fsp3) is 0.250. The zero-order valence-corrected chi connectivity index (χ0v) is 11.4. The molecule has 2 aromatic rings. The number of anilines is 2. The fourth-order valence-corrected chi connectivity index (χ4v) is 2.74. The number of aromatic amines is 1. The summed E-state index contributed by atoms with van der Waals surface area (Å²) in [6, 6.07) is 7.80. The van der Waals surface area contributed by atoms with Gasteiger partial charge in [0.2, 0.25) is 0 Å². The number of sulfonamides is 1. The number of H-pyrrole nitrogens is 1. The van der Waals surface area contributed by atoms with Gasteiger partial charge in [-0.1, -0.05) is 19.4 Å². The Bertz CT molecular complexity index is 664. The third kappa shape index (κ3) is 3.25. The molecular formula is C12H16N4O2S. The summed E-state index contributed by atoms with van der Waals surface area (Å²) < 4.78 is 26.6. The van der Waals surface area contributed by atoms with Crippen molar-refractivity contribution >= 4 is 21.5 Å². The van der Waals surface area contributed by atoms with Gasteiger partial charge in [-0.05, 0) is 24.6 Å². The van der Waals surface area contributed by atoms with E-state index in [-0.39, 0.29) is 10.7 Å². The van der Waals surface area contributed by atoms with Crippen LogP contribution in [0.5, 0.6) is 0 Å². The van der Waals surface area contributed by atoms with Gasteiger partial charge in [-0.2, -0.15) is 5.10 Å². The van der Waals surface area contributed by atoms with Gasteiger partial charge in [0.05, 0.1) is 4.90 Å². The smallest absolute Gasteiger partial charge is 0.263 e. The summed E-state index contributed by atoms with van der Waals surface area (Å²) in [7, 11) is -3.65. The zero-order chi connectivity index (χ0) is 13.9. The number of nitrogens with two attached hydrogens (primary N) is 1. The highest BCUT2D eigenvalue weighted by Crippen LogP contribution is 2.17. The molecule has 0 aliphatic carbocycles. The quantitative estimate of drug-likeness (QED) is 0.726. The second-order valence-electron chi connectivity index (χ2n) is 4.21. The maximum absolute atomic E-state index is 12.1. The highest BCUT2D eigenvalue weighted by molar-refractivity contribution is 7.92. The summed E-state index contributed by atoms with van der Waals surface area (Å²) in [5.74, 6) is 0.283. The molecule has 0 spiro atoms. The summed E-state index contributed by atoms with van der Waals surface area (Å²) in [6.07, 6.45) is 1.79. The van der Waals surface area contributed by atoms with Crippen molar-refractivity contribution in [2.24, 2.45) is 0 Å². The number of benzene rings is 1. The van der Waals surface area contributed by atoms with Crippen molar-refractivity contribution in [3.63, 3.8) is 0 Å². The van der Waals surface area contributed by atoms with Gasteiger partial charge in [-0.3, -0.25) is 9.82 Å².